The second-order valence-electron chi connectivity index (χ2n) is 9.81. The van der Waals surface area contributed by atoms with Crippen molar-refractivity contribution in [3.8, 4) is 0 Å². The quantitative estimate of drug-likeness (QED) is 0.766. The van der Waals surface area contributed by atoms with Crippen LogP contribution in [-0.4, -0.2) is 55.7 Å². The standard InChI is InChI=1S/C27H35N3O2/c1-19-5-4-6-20(2)24(19)26(31)28-25(27-13-11-22(12-14-27)29(27)3)21-7-9-23(10-8-21)30-15-17-32-18-16-30/h4-10,22,25H,11-18H2,1-3H3,(H,28,31). The van der Waals surface area contributed by atoms with Gasteiger partial charge in [-0.15, -0.1) is 0 Å². The topological polar surface area (TPSA) is 44.8 Å². The molecule has 32 heavy (non-hydrogen) atoms. The summed E-state index contributed by atoms with van der Waals surface area (Å²) in [5.41, 5.74) is 5.32. The van der Waals surface area contributed by atoms with Crippen molar-refractivity contribution in [1.82, 2.24) is 10.2 Å². The summed E-state index contributed by atoms with van der Waals surface area (Å²) in [6.45, 7) is 7.48. The molecule has 3 aliphatic heterocycles. The van der Waals surface area contributed by atoms with Crippen LogP contribution in [0.15, 0.2) is 42.5 Å². The molecule has 0 aromatic heterocycles. The van der Waals surface area contributed by atoms with Crippen LogP contribution in [0, 0.1) is 13.8 Å². The molecule has 5 nitrogen and oxygen atoms in total. The van der Waals surface area contributed by atoms with Gasteiger partial charge in [0.05, 0.1) is 19.3 Å². The van der Waals surface area contributed by atoms with E-state index in [2.05, 4.69) is 46.4 Å². The number of carbonyl (C=O) groups is 1. The highest BCUT2D eigenvalue weighted by Crippen LogP contribution is 2.52. The van der Waals surface area contributed by atoms with Crippen molar-refractivity contribution >= 4 is 11.6 Å². The molecule has 0 spiro atoms. The Kier molecular flexibility index (Phi) is 5.72. The Bertz CT molecular complexity index is 953. The molecule has 1 N–H and O–H groups in total. The number of rotatable bonds is 5. The summed E-state index contributed by atoms with van der Waals surface area (Å²) >= 11 is 0. The number of likely N-dealkylation sites (N-methyl/N-ethyl adjacent to an activating group) is 1. The van der Waals surface area contributed by atoms with Gasteiger partial charge in [-0.05, 0) is 75.4 Å². The first-order valence-corrected chi connectivity index (χ1v) is 12.0. The lowest BCUT2D eigenvalue weighted by Gasteiger charge is -2.41. The molecule has 3 heterocycles. The molecule has 3 aliphatic rings. The van der Waals surface area contributed by atoms with Crippen molar-refractivity contribution in [2.24, 2.45) is 0 Å². The summed E-state index contributed by atoms with van der Waals surface area (Å²) in [4.78, 5) is 18.5. The summed E-state index contributed by atoms with van der Waals surface area (Å²) in [6.07, 6.45) is 4.71. The monoisotopic (exact) mass is 433 g/mol. The zero-order valence-electron chi connectivity index (χ0n) is 19.6. The van der Waals surface area contributed by atoms with E-state index in [0.717, 1.165) is 55.8 Å². The third kappa shape index (κ3) is 3.61. The molecule has 2 aromatic carbocycles. The van der Waals surface area contributed by atoms with Crippen LogP contribution < -0.4 is 10.2 Å². The Balaban J connectivity index is 1.47. The van der Waals surface area contributed by atoms with Crippen molar-refractivity contribution in [3.63, 3.8) is 0 Å². The maximum Gasteiger partial charge on any atom is 0.252 e. The van der Waals surface area contributed by atoms with Gasteiger partial charge in [0.2, 0.25) is 0 Å². The highest BCUT2D eigenvalue weighted by Gasteiger charge is 2.54. The first kappa shape index (κ1) is 21.5. The maximum absolute atomic E-state index is 13.6. The van der Waals surface area contributed by atoms with Crippen LogP contribution in [0.25, 0.3) is 0 Å². The summed E-state index contributed by atoms with van der Waals surface area (Å²) in [5, 5.41) is 3.51. The molecular weight excluding hydrogens is 398 g/mol. The van der Waals surface area contributed by atoms with Crippen LogP contribution in [0.1, 0.15) is 58.8 Å². The van der Waals surface area contributed by atoms with E-state index in [9.17, 15) is 4.79 Å². The van der Waals surface area contributed by atoms with E-state index in [4.69, 9.17) is 4.74 Å². The Labute approximate surface area is 191 Å². The van der Waals surface area contributed by atoms with Crippen LogP contribution in [0.4, 0.5) is 5.69 Å². The van der Waals surface area contributed by atoms with Gasteiger partial charge >= 0.3 is 0 Å². The summed E-state index contributed by atoms with van der Waals surface area (Å²) in [5.74, 6) is 0.0426. The van der Waals surface area contributed by atoms with E-state index in [1.54, 1.807) is 0 Å². The van der Waals surface area contributed by atoms with Crippen LogP contribution in [-0.2, 0) is 4.74 Å². The number of hydrogen-bond donors (Lipinski definition) is 1. The smallest absolute Gasteiger partial charge is 0.252 e. The highest BCUT2D eigenvalue weighted by molar-refractivity contribution is 5.97. The number of anilines is 1. The Hall–Kier alpha value is -2.37. The SMILES string of the molecule is Cc1cccc(C)c1C(=O)NC(c1ccc(N2CCOCC2)cc1)C12CCC(CC1)N2C. The number of ether oxygens (including phenoxy) is 1. The lowest BCUT2D eigenvalue weighted by Crippen LogP contribution is -2.51. The van der Waals surface area contributed by atoms with Crippen molar-refractivity contribution in [2.75, 3.05) is 38.3 Å². The third-order valence-electron chi connectivity index (χ3n) is 8.19. The fourth-order valence-corrected chi connectivity index (χ4v) is 6.30. The van der Waals surface area contributed by atoms with Gasteiger partial charge in [-0.2, -0.15) is 0 Å². The number of morpholine rings is 1. The number of hydrogen-bond acceptors (Lipinski definition) is 4. The molecule has 0 radical (unpaired) electrons. The van der Waals surface area contributed by atoms with Gasteiger partial charge in [-0.3, -0.25) is 9.69 Å². The van der Waals surface area contributed by atoms with Crippen molar-refractivity contribution < 1.29 is 9.53 Å². The number of nitrogens with one attached hydrogen (secondary N) is 1. The summed E-state index contributed by atoms with van der Waals surface area (Å²) < 4.78 is 5.51. The van der Waals surface area contributed by atoms with Crippen LogP contribution in [0.2, 0.25) is 0 Å². The van der Waals surface area contributed by atoms with Crippen LogP contribution in [0.3, 0.4) is 0 Å². The fraction of sp³-hybridized carbons (Fsp3) is 0.519. The minimum atomic E-state index is -0.0229. The third-order valence-corrected chi connectivity index (χ3v) is 8.19. The molecular formula is C27H35N3O2. The molecule has 1 atom stereocenters. The molecule has 3 fully saturated rings. The lowest BCUT2D eigenvalue weighted by molar-refractivity contribution is 0.0836. The minimum absolute atomic E-state index is 0.00258. The van der Waals surface area contributed by atoms with Gasteiger partial charge in [0, 0.05) is 35.9 Å². The van der Waals surface area contributed by atoms with Gasteiger partial charge in [-0.25, -0.2) is 0 Å². The predicted octanol–water partition coefficient (Wildman–Crippen LogP) is 4.24. The minimum Gasteiger partial charge on any atom is -0.378 e. The number of amides is 1. The average Bonchev–Trinajstić information content (AvgIpc) is 3.30. The molecule has 3 saturated heterocycles. The first-order chi connectivity index (χ1) is 15.5. The van der Waals surface area contributed by atoms with E-state index in [-0.39, 0.29) is 17.5 Å². The zero-order chi connectivity index (χ0) is 22.3. The lowest BCUT2D eigenvalue weighted by atomic mass is 9.78. The second-order valence-corrected chi connectivity index (χ2v) is 9.81. The summed E-state index contributed by atoms with van der Waals surface area (Å²) in [6, 6.07) is 15.6. The Morgan fingerprint density at radius 3 is 2.22 bits per heavy atom. The van der Waals surface area contributed by atoms with Gasteiger partial charge in [0.15, 0.2) is 0 Å². The molecule has 0 saturated carbocycles. The predicted molar refractivity (Wildman–Crippen MR) is 128 cm³/mol. The Morgan fingerprint density at radius 1 is 1.03 bits per heavy atom. The average molecular weight is 434 g/mol. The van der Waals surface area contributed by atoms with E-state index in [0.29, 0.717) is 6.04 Å². The highest BCUT2D eigenvalue weighted by atomic mass is 16.5. The molecule has 0 aliphatic carbocycles. The molecule has 2 bridgehead atoms. The summed E-state index contributed by atoms with van der Waals surface area (Å²) in [7, 11) is 2.25. The maximum atomic E-state index is 13.6. The number of fused-ring (bicyclic) bond motifs is 2. The first-order valence-electron chi connectivity index (χ1n) is 12.0. The number of benzene rings is 2. The van der Waals surface area contributed by atoms with E-state index >= 15 is 0 Å². The van der Waals surface area contributed by atoms with Crippen LogP contribution in [0.5, 0.6) is 0 Å². The van der Waals surface area contributed by atoms with Crippen molar-refractivity contribution in [2.45, 2.75) is 57.2 Å². The van der Waals surface area contributed by atoms with Crippen molar-refractivity contribution in [1.29, 1.82) is 0 Å². The molecule has 1 unspecified atom stereocenters. The number of aryl methyl sites for hydroxylation is 2. The zero-order valence-corrected chi connectivity index (χ0v) is 19.6. The number of carbonyl (C=O) groups excluding carboxylic acids is 1. The number of nitrogens with zero attached hydrogens (tertiary/aromatic N) is 2. The normalized spacial score (nSPS) is 26.3. The van der Waals surface area contributed by atoms with Gasteiger partial charge in [0.1, 0.15) is 0 Å². The molecule has 2 aromatic rings. The van der Waals surface area contributed by atoms with Crippen LogP contribution >= 0.6 is 0 Å². The van der Waals surface area contributed by atoms with Gasteiger partial charge in [0.25, 0.3) is 5.91 Å². The molecule has 5 rings (SSSR count). The molecule has 170 valence electrons. The van der Waals surface area contributed by atoms with E-state index < -0.39 is 0 Å². The molecule has 5 heteroatoms. The van der Waals surface area contributed by atoms with Crippen molar-refractivity contribution in [3.05, 3.63) is 64.7 Å². The van der Waals surface area contributed by atoms with Gasteiger partial charge in [-0.1, -0.05) is 30.3 Å². The fourth-order valence-electron chi connectivity index (χ4n) is 6.30. The van der Waals surface area contributed by atoms with E-state index in [1.165, 1.54) is 24.1 Å². The molecule has 1 amide bonds. The second kappa shape index (κ2) is 8.53. The Morgan fingerprint density at radius 2 is 1.66 bits per heavy atom. The largest absolute Gasteiger partial charge is 0.378 e. The van der Waals surface area contributed by atoms with Gasteiger partial charge < -0.3 is 15.0 Å². The van der Waals surface area contributed by atoms with E-state index in [1.807, 2.05) is 32.0 Å².